The zero-order chi connectivity index (χ0) is 33.3. The first kappa shape index (κ1) is 35.3. The van der Waals surface area contributed by atoms with Crippen LogP contribution in [0.15, 0.2) is 102 Å². The minimum absolute atomic E-state index is 0.0185. The standard InChI is InChI=1S/C35H36Cl3N3O4S/c1-3-4-21-39-35(43)32(22-26-9-6-5-7-10-26)40(23-27-15-17-28(36)18-16-27)33(42)24-41(31-12-8-11-30(37)34(31)38)46(44,45)29-19-13-25(2)14-20-29/h5-20,32H,3-4,21-24H2,1-2H3,(H,39,43). The van der Waals surface area contributed by atoms with E-state index in [9.17, 15) is 18.0 Å². The molecule has 0 fully saturated rings. The Morgan fingerprint density at radius 2 is 1.50 bits per heavy atom. The number of unbranched alkanes of at least 4 members (excludes halogenated alkanes) is 1. The Hall–Kier alpha value is -3.56. The summed E-state index contributed by atoms with van der Waals surface area (Å²) in [7, 11) is -4.31. The highest BCUT2D eigenvalue weighted by Crippen LogP contribution is 2.35. The molecule has 7 nitrogen and oxygen atoms in total. The number of carbonyl (C=O) groups is 2. The molecule has 0 aliphatic rings. The van der Waals surface area contributed by atoms with Crippen LogP contribution in [0.1, 0.15) is 36.5 Å². The molecule has 4 aromatic rings. The third kappa shape index (κ3) is 9.04. The highest BCUT2D eigenvalue weighted by Gasteiger charge is 2.35. The molecule has 242 valence electrons. The maximum absolute atomic E-state index is 14.5. The van der Waals surface area contributed by atoms with Crippen molar-refractivity contribution in [1.29, 1.82) is 0 Å². The van der Waals surface area contributed by atoms with Gasteiger partial charge in [-0.15, -0.1) is 0 Å². The molecule has 0 bridgehead atoms. The number of anilines is 1. The van der Waals surface area contributed by atoms with Crippen molar-refractivity contribution in [3.8, 4) is 0 Å². The summed E-state index contributed by atoms with van der Waals surface area (Å²) < 4.78 is 29.3. The fourth-order valence-corrected chi connectivity index (χ4v) is 6.88. The molecule has 0 spiro atoms. The number of carbonyl (C=O) groups excluding carboxylic acids is 2. The third-order valence-electron chi connectivity index (χ3n) is 7.45. The van der Waals surface area contributed by atoms with Crippen molar-refractivity contribution in [1.82, 2.24) is 10.2 Å². The second-order valence-electron chi connectivity index (χ2n) is 10.9. The maximum atomic E-state index is 14.5. The normalized spacial score (nSPS) is 11.9. The van der Waals surface area contributed by atoms with Crippen LogP contribution in [0.4, 0.5) is 5.69 Å². The fraction of sp³-hybridized carbons (Fsp3) is 0.257. The Balaban J connectivity index is 1.81. The second-order valence-corrected chi connectivity index (χ2v) is 14.0. The van der Waals surface area contributed by atoms with E-state index in [4.69, 9.17) is 34.8 Å². The first-order valence-corrected chi connectivity index (χ1v) is 17.5. The van der Waals surface area contributed by atoms with Crippen molar-refractivity contribution in [3.63, 3.8) is 0 Å². The van der Waals surface area contributed by atoms with Gasteiger partial charge >= 0.3 is 0 Å². The van der Waals surface area contributed by atoms with E-state index in [1.165, 1.54) is 29.2 Å². The largest absolute Gasteiger partial charge is 0.354 e. The zero-order valence-electron chi connectivity index (χ0n) is 25.6. The van der Waals surface area contributed by atoms with Gasteiger partial charge in [0.25, 0.3) is 10.0 Å². The van der Waals surface area contributed by atoms with E-state index >= 15 is 0 Å². The summed E-state index contributed by atoms with van der Waals surface area (Å²) in [5.74, 6) is -0.943. The van der Waals surface area contributed by atoms with E-state index in [-0.39, 0.29) is 39.5 Å². The minimum Gasteiger partial charge on any atom is -0.354 e. The number of halogens is 3. The second kappa shape index (κ2) is 16.3. The smallest absolute Gasteiger partial charge is 0.264 e. The number of benzene rings is 4. The molecule has 11 heteroatoms. The van der Waals surface area contributed by atoms with Crippen LogP contribution in [0.5, 0.6) is 0 Å². The lowest BCUT2D eigenvalue weighted by Crippen LogP contribution is -2.53. The first-order valence-electron chi connectivity index (χ1n) is 14.9. The van der Waals surface area contributed by atoms with Crippen molar-refractivity contribution >= 4 is 62.3 Å². The Morgan fingerprint density at radius 3 is 2.15 bits per heavy atom. The summed E-state index contributed by atoms with van der Waals surface area (Å²) in [5.41, 5.74) is 2.47. The van der Waals surface area contributed by atoms with Gasteiger partial charge < -0.3 is 10.2 Å². The van der Waals surface area contributed by atoms with Crippen LogP contribution in [0, 0.1) is 6.92 Å². The van der Waals surface area contributed by atoms with Gasteiger partial charge in [-0.1, -0.05) is 114 Å². The van der Waals surface area contributed by atoms with Gasteiger partial charge in [-0.2, -0.15) is 0 Å². The van der Waals surface area contributed by atoms with Crippen molar-refractivity contribution in [2.75, 3.05) is 17.4 Å². The molecule has 0 saturated carbocycles. The lowest BCUT2D eigenvalue weighted by Gasteiger charge is -2.34. The van der Waals surface area contributed by atoms with Crippen LogP contribution >= 0.6 is 34.8 Å². The van der Waals surface area contributed by atoms with E-state index in [2.05, 4.69) is 5.32 Å². The molecule has 1 N–H and O–H groups in total. The van der Waals surface area contributed by atoms with Crippen molar-refractivity contribution in [2.24, 2.45) is 0 Å². The van der Waals surface area contributed by atoms with E-state index in [0.29, 0.717) is 17.1 Å². The van der Waals surface area contributed by atoms with Gasteiger partial charge in [-0.25, -0.2) is 8.42 Å². The van der Waals surface area contributed by atoms with E-state index < -0.39 is 28.5 Å². The number of amides is 2. The van der Waals surface area contributed by atoms with Crippen LogP contribution in [-0.4, -0.2) is 44.3 Å². The molecule has 0 radical (unpaired) electrons. The van der Waals surface area contributed by atoms with Gasteiger partial charge in [-0.05, 0) is 60.9 Å². The SMILES string of the molecule is CCCCNC(=O)C(Cc1ccccc1)N(Cc1ccc(Cl)cc1)C(=O)CN(c1cccc(Cl)c1Cl)S(=O)(=O)c1ccc(C)cc1. The molecule has 0 aliphatic heterocycles. The van der Waals surface area contributed by atoms with Crippen LogP contribution < -0.4 is 9.62 Å². The number of nitrogens with one attached hydrogen (secondary N) is 1. The van der Waals surface area contributed by atoms with E-state index in [1.54, 1.807) is 42.5 Å². The fourth-order valence-electron chi connectivity index (χ4n) is 4.88. The third-order valence-corrected chi connectivity index (χ3v) is 10.3. The van der Waals surface area contributed by atoms with Crippen molar-refractivity contribution in [2.45, 2.75) is 50.6 Å². The Labute approximate surface area is 286 Å². The molecular weight excluding hydrogens is 665 g/mol. The number of hydrogen-bond acceptors (Lipinski definition) is 4. The molecule has 2 amide bonds. The topological polar surface area (TPSA) is 86.8 Å². The van der Waals surface area contributed by atoms with E-state index in [1.807, 2.05) is 44.2 Å². The predicted molar refractivity (Wildman–Crippen MR) is 186 cm³/mol. The number of nitrogens with zero attached hydrogens (tertiary/aromatic N) is 2. The molecule has 46 heavy (non-hydrogen) atoms. The van der Waals surface area contributed by atoms with Crippen molar-refractivity contribution in [3.05, 3.63) is 129 Å². The molecule has 0 aromatic heterocycles. The summed E-state index contributed by atoms with van der Waals surface area (Å²) in [6.07, 6.45) is 1.86. The summed E-state index contributed by atoms with van der Waals surface area (Å²) >= 11 is 19.0. The Bertz CT molecular complexity index is 1740. The van der Waals surface area contributed by atoms with Gasteiger partial charge in [0.2, 0.25) is 11.8 Å². The van der Waals surface area contributed by atoms with Gasteiger partial charge in [0.15, 0.2) is 0 Å². The van der Waals surface area contributed by atoms with Gasteiger partial charge in [0.1, 0.15) is 12.6 Å². The molecule has 0 heterocycles. The van der Waals surface area contributed by atoms with Crippen LogP contribution in [0.3, 0.4) is 0 Å². The molecule has 0 aliphatic carbocycles. The van der Waals surface area contributed by atoms with Crippen molar-refractivity contribution < 1.29 is 18.0 Å². The quantitative estimate of drug-likeness (QED) is 0.137. The highest BCUT2D eigenvalue weighted by molar-refractivity contribution is 7.92. The number of aryl methyl sites for hydroxylation is 1. The van der Waals surface area contributed by atoms with Crippen LogP contribution in [0.2, 0.25) is 15.1 Å². The number of sulfonamides is 1. The molecule has 4 rings (SSSR count). The number of hydrogen-bond donors (Lipinski definition) is 1. The first-order chi connectivity index (χ1) is 22.0. The Kier molecular flexibility index (Phi) is 12.5. The zero-order valence-corrected chi connectivity index (χ0v) is 28.7. The molecule has 1 atom stereocenters. The van der Waals surface area contributed by atoms with E-state index in [0.717, 1.165) is 28.3 Å². The van der Waals surface area contributed by atoms with Crippen LogP contribution in [-0.2, 0) is 32.6 Å². The lowest BCUT2D eigenvalue weighted by molar-refractivity contribution is -0.140. The predicted octanol–water partition coefficient (Wildman–Crippen LogP) is 7.71. The van der Waals surface area contributed by atoms with Gasteiger partial charge in [0, 0.05) is 24.5 Å². The molecule has 0 saturated heterocycles. The average molecular weight is 701 g/mol. The average Bonchev–Trinajstić information content (AvgIpc) is 3.04. The summed E-state index contributed by atoms with van der Waals surface area (Å²) in [5, 5.41) is 3.60. The number of rotatable bonds is 14. The lowest BCUT2D eigenvalue weighted by atomic mass is 10.0. The summed E-state index contributed by atoms with van der Waals surface area (Å²) in [4.78, 5) is 29.8. The summed E-state index contributed by atoms with van der Waals surface area (Å²) in [6.45, 7) is 3.69. The summed E-state index contributed by atoms with van der Waals surface area (Å²) in [6, 6.07) is 26.3. The van der Waals surface area contributed by atoms with Gasteiger partial charge in [0.05, 0.1) is 20.6 Å². The molecule has 4 aromatic carbocycles. The van der Waals surface area contributed by atoms with Gasteiger partial charge in [-0.3, -0.25) is 13.9 Å². The Morgan fingerprint density at radius 1 is 0.826 bits per heavy atom. The molecular formula is C35H36Cl3N3O4S. The highest BCUT2D eigenvalue weighted by atomic mass is 35.5. The minimum atomic E-state index is -4.31. The maximum Gasteiger partial charge on any atom is 0.264 e. The molecule has 1 unspecified atom stereocenters. The van der Waals surface area contributed by atoms with Crippen LogP contribution in [0.25, 0.3) is 0 Å². The monoisotopic (exact) mass is 699 g/mol.